The van der Waals surface area contributed by atoms with Crippen LogP contribution < -0.4 is 5.73 Å². The second-order valence-corrected chi connectivity index (χ2v) is 17.1. The van der Waals surface area contributed by atoms with Crippen molar-refractivity contribution in [1.29, 1.82) is 0 Å². The predicted octanol–water partition coefficient (Wildman–Crippen LogP) is 2.98. The molecule has 4 aliphatic rings. The van der Waals surface area contributed by atoms with Crippen LogP contribution in [0.15, 0.2) is 0 Å². The molecule has 0 saturated carbocycles. The van der Waals surface area contributed by atoms with E-state index in [1.807, 2.05) is 60.4 Å². The zero-order valence-corrected chi connectivity index (χ0v) is 33.2. The summed E-state index contributed by atoms with van der Waals surface area (Å²) < 4.78 is 45.4. The zero-order valence-electron chi connectivity index (χ0n) is 33.2. The fourth-order valence-corrected chi connectivity index (χ4v) is 9.55. The zero-order chi connectivity index (χ0) is 38.2. The Labute approximate surface area is 306 Å². The van der Waals surface area contributed by atoms with Crippen LogP contribution in [0.3, 0.4) is 0 Å². The molecule has 4 aliphatic heterocycles. The first-order valence-corrected chi connectivity index (χ1v) is 19.3. The van der Waals surface area contributed by atoms with Crippen LogP contribution in [0.5, 0.6) is 0 Å². The van der Waals surface area contributed by atoms with Gasteiger partial charge >= 0.3 is 5.97 Å². The molecule has 4 rings (SSSR count). The molecule has 298 valence electrons. The third-order valence-electron chi connectivity index (χ3n) is 12.5. The van der Waals surface area contributed by atoms with Gasteiger partial charge in [0.2, 0.25) is 0 Å². The molecule has 0 spiro atoms. The lowest BCUT2D eigenvalue weighted by atomic mass is 9.76. The fourth-order valence-electron chi connectivity index (χ4n) is 9.55. The molecule has 5 N–H and O–H groups in total. The maximum absolute atomic E-state index is 14.2. The Balaban J connectivity index is 1.82. The molecule has 51 heavy (non-hydrogen) atoms. The lowest BCUT2D eigenvalue weighted by Gasteiger charge is -2.48. The third kappa shape index (κ3) is 9.12. The lowest BCUT2D eigenvalue weighted by Crippen LogP contribution is -2.60. The summed E-state index contributed by atoms with van der Waals surface area (Å²) in [6, 6.07) is -0.260. The Kier molecular flexibility index (Phi) is 14.1. The first-order chi connectivity index (χ1) is 23.7. The molecular formula is C38H70N2O11. The molecule has 0 aromatic rings. The highest BCUT2D eigenvalue weighted by Crippen LogP contribution is 2.48. The van der Waals surface area contributed by atoms with Gasteiger partial charge in [-0.3, -0.25) is 9.69 Å². The summed E-state index contributed by atoms with van der Waals surface area (Å²) >= 11 is 0. The number of nitrogens with zero attached hydrogens (tertiary/aromatic N) is 1. The highest BCUT2D eigenvalue weighted by molar-refractivity contribution is 5.73. The molecule has 4 heterocycles. The summed E-state index contributed by atoms with van der Waals surface area (Å²) in [5.41, 5.74) is 2.64. The molecule has 2 bridgehead atoms. The molecule has 0 radical (unpaired) electrons. The van der Waals surface area contributed by atoms with E-state index in [2.05, 4.69) is 6.92 Å². The van der Waals surface area contributed by atoms with Crippen molar-refractivity contribution in [2.24, 2.45) is 29.4 Å². The molecule has 4 saturated heterocycles. The van der Waals surface area contributed by atoms with E-state index < -0.39 is 89.7 Å². The van der Waals surface area contributed by atoms with Crippen molar-refractivity contribution in [2.75, 3.05) is 27.2 Å². The van der Waals surface area contributed by atoms with Crippen LogP contribution in [-0.2, 0) is 38.0 Å². The van der Waals surface area contributed by atoms with Crippen molar-refractivity contribution < 1.29 is 53.3 Å². The second kappa shape index (κ2) is 16.8. The van der Waals surface area contributed by atoms with Crippen LogP contribution in [0.1, 0.15) is 101 Å². The van der Waals surface area contributed by atoms with E-state index in [4.69, 9.17) is 38.9 Å². The van der Waals surface area contributed by atoms with E-state index in [1.165, 1.54) is 6.92 Å². The van der Waals surface area contributed by atoms with E-state index in [0.29, 0.717) is 38.8 Å². The Hall–Kier alpha value is -0.970. The summed E-state index contributed by atoms with van der Waals surface area (Å²) in [4.78, 5) is 16.2. The van der Waals surface area contributed by atoms with Gasteiger partial charge in [0.15, 0.2) is 12.6 Å². The monoisotopic (exact) mass is 730 g/mol. The largest absolute Gasteiger partial charge is 0.459 e. The molecule has 0 aliphatic carbocycles. The van der Waals surface area contributed by atoms with Gasteiger partial charge < -0.3 is 54.2 Å². The average Bonchev–Trinajstić information content (AvgIpc) is 3.38. The number of carbonyl (C=O) groups excluding carboxylic acids is 1. The van der Waals surface area contributed by atoms with Crippen molar-refractivity contribution >= 4 is 5.97 Å². The number of nitrogens with two attached hydrogens (primary N) is 1. The molecule has 18 atom stereocenters. The Morgan fingerprint density at radius 3 is 2.24 bits per heavy atom. The second-order valence-electron chi connectivity index (χ2n) is 17.1. The summed E-state index contributed by atoms with van der Waals surface area (Å²) in [5, 5.41) is 35.3. The number of rotatable bonds is 9. The minimum absolute atomic E-state index is 0.0411. The standard InChI is InChI=1S/C38H70N2O11/c1-13-27-38(10,44)32(42)23(5)30-20(2)17-37(9,51-30)33(50-35-29(41)26(16-21(3)47-35)40(11)15-14-39)24(6)31(25(7)34(43)48-27)49-28-19-36(8,45-12)18-22(4)46-28/h20-33,35,41-42,44H,13-19,39H2,1-12H3/t20-,21+,22-,23-,24-,25+,26-,27+,28-,29+,30+,31-,32+,33+,35-,36-,37-,38+/m0/s1. The third-order valence-corrected chi connectivity index (χ3v) is 12.5. The van der Waals surface area contributed by atoms with Crippen LogP contribution in [0, 0.1) is 23.7 Å². The number of hydrogen-bond donors (Lipinski definition) is 4. The molecule has 13 nitrogen and oxygen atoms in total. The summed E-state index contributed by atoms with van der Waals surface area (Å²) in [7, 11) is 3.61. The number of fused-ring (bicyclic) bond motifs is 2. The first-order valence-electron chi connectivity index (χ1n) is 19.3. The van der Waals surface area contributed by atoms with E-state index in [0.717, 1.165) is 0 Å². The van der Waals surface area contributed by atoms with Crippen molar-refractivity contribution in [3.05, 3.63) is 0 Å². The molecule has 0 amide bonds. The summed E-state index contributed by atoms with van der Waals surface area (Å²) in [5.74, 6) is -2.54. The molecule has 4 fully saturated rings. The van der Waals surface area contributed by atoms with Crippen LogP contribution in [0.25, 0.3) is 0 Å². The van der Waals surface area contributed by atoms with Gasteiger partial charge in [0.1, 0.15) is 17.8 Å². The van der Waals surface area contributed by atoms with Gasteiger partial charge in [0, 0.05) is 50.9 Å². The quantitative estimate of drug-likeness (QED) is 0.256. The molecule has 13 heteroatoms. The summed E-state index contributed by atoms with van der Waals surface area (Å²) in [6.07, 6.45) is -4.88. The molecule has 0 aromatic heterocycles. The van der Waals surface area contributed by atoms with E-state index >= 15 is 0 Å². The van der Waals surface area contributed by atoms with Gasteiger partial charge in [0.05, 0.1) is 53.7 Å². The van der Waals surface area contributed by atoms with E-state index in [9.17, 15) is 20.1 Å². The number of hydrogen-bond acceptors (Lipinski definition) is 13. The Morgan fingerprint density at radius 1 is 0.961 bits per heavy atom. The SMILES string of the molecule is CC[C@H]1OC(=O)[C@H](C)[C@@H](O[C@H]2C[C@@](C)(OC)C[C@H](C)O2)[C@H](C)[C@@H](O[C@@H]2O[C@H](C)C[C@H](N(C)CCN)[C@H]2O)[C@]2(C)C[C@H](C)[C@@H](O2)[C@H](C)[C@@H](O)[C@]1(C)O. The van der Waals surface area contributed by atoms with Gasteiger partial charge in [-0.15, -0.1) is 0 Å². The van der Waals surface area contributed by atoms with Gasteiger partial charge in [-0.2, -0.15) is 0 Å². The van der Waals surface area contributed by atoms with Gasteiger partial charge in [-0.05, 0) is 73.8 Å². The number of cyclic esters (lactones) is 1. The van der Waals surface area contributed by atoms with Gasteiger partial charge in [-0.25, -0.2) is 0 Å². The van der Waals surface area contributed by atoms with Crippen LogP contribution >= 0.6 is 0 Å². The number of carbonyl (C=O) groups is 1. The van der Waals surface area contributed by atoms with Crippen molar-refractivity contribution in [2.45, 2.75) is 186 Å². The Morgan fingerprint density at radius 2 is 1.63 bits per heavy atom. The van der Waals surface area contributed by atoms with E-state index in [-0.39, 0.29) is 30.6 Å². The number of methoxy groups -OCH3 is 1. The smallest absolute Gasteiger partial charge is 0.311 e. The van der Waals surface area contributed by atoms with Gasteiger partial charge in [0.25, 0.3) is 0 Å². The first kappa shape index (κ1) is 42.8. The van der Waals surface area contributed by atoms with Crippen molar-refractivity contribution in [3.63, 3.8) is 0 Å². The number of aliphatic hydroxyl groups excluding tert-OH is 2. The highest BCUT2D eigenvalue weighted by atomic mass is 16.7. The summed E-state index contributed by atoms with van der Waals surface area (Å²) in [6.45, 7) is 20.0. The Bertz CT molecular complexity index is 1150. The number of ether oxygens (including phenoxy) is 7. The fraction of sp³-hybridized carbons (Fsp3) is 0.974. The maximum Gasteiger partial charge on any atom is 0.311 e. The van der Waals surface area contributed by atoms with E-state index in [1.54, 1.807) is 14.0 Å². The maximum atomic E-state index is 14.2. The van der Waals surface area contributed by atoms with Gasteiger partial charge in [-0.1, -0.05) is 27.7 Å². The highest BCUT2D eigenvalue weighted by Gasteiger charge is 2.57. The number of esters is 1. The topological polar surface area (TPSA) is 172 Å². The minimum Gasteiger partial charge on any atom is -0.459 e. The molecular weight excluding hydrogens is 660 g/mol. The minimum atomic E-state index is -1.76. The van der Waals surface area contributed by atoms with Crippen LogP contribution in [0.4, 0.5) is 0 Å². The number of likely N-dealkylation sites (N-methyl/N-ethyl adjacent to an activating group) is 1. The lowest BCUT2D eigenvalue weighted by molar-refractivity contribution is -0.312. The predicted molar refractivity (Wildman–Crippen MR) is 191 cm³/mol. The van der Waals surface area contributed by atoms with Crippen molar-refractivity contribution in [1.82, 2.24) is 4.90 Å². The average molecular weight is 731 g/mol. The normalized spacial score (nSPS) is 50.3. The molecule has 0 unspecified atom stereocenters. The van der Waals surface area contributed by atoms with Crippen molar-refractivity contribution in [3.8, 4) is 0 Å². The van der Waals surface area contributed by atoms with Crippen LogP contribution in [-0.4, -0.2) is 138 Å². The van der Waals surface area contributed by atoms with Crippen LogP contribution in [0.2, 0.25) is 0 Å². The number of aliphatic hydroxyl groups is 3. The molecule has 0 aromatic carbocycles.